The van der Waals surface area contributed by atoms with Crippen LogP contribution in [0, 0.1) is 0 Å². The van der Waals surface area contributed by atoms with E-state index in [-0.39, 0.29) is 5.34 Å². The van der Waals surface area contributed by atoms with Gasteiger partial charge in [0.2, 0.25) is 0 Å². The van der Waals surface area contributed by atoms with E-state index in [9.17, 15) is 0 Å². The van der Waals surface area contributed by atoms with Crippen LogP contribution in [0.5, 0.6) is 5.75 Å². The molecule has 0 unspecified atom stereocenters. The predicted molar refractivity (Wildman–Crippen MR) is 94.0 cm³/mol. The van der Waals surface area contributed by atoms with Crippen LogP contribution in [-0.2, 0) is 11.8 Å². The Morgan fingerprint density at radius 2 is 2.05 bits per heavy atom. The van der Waals surface area contributed by atoms with E-state index in [1.165, 1.54) is 16.5 Å². The van der Waals surface area contributed by atoms with Crippen molar-refractivity contribution in [3.8, 4) is 5.75 Å². The summed E-state index contributed by atoms with van der Waals surface area (Å²) in [5.41, 5.74) is 2.70. The Hall–Kier alpha value is -1.35. The minimum absolute atomic E-state index is 0.0367. The average Bonchev–Trinajstić information content (AvgIpc) is 2.91. The maximum absolute atomic E-state index is 5.79. The number of rotatable bonds is 3. The lowest BCUT2D eigenvalue weighted by Crippen LogP contribution is -2.51. The van der Waals surface area contributed by atoms with E-state index in [1.807, 2.05) is 0 Å². The van der Waals surface area contributed by atoms with Gasteiger partial charge in [-0.25, -0.2) is 0 Å². The van der Waals surface area contributed by atoms with Gasteiger partial charge in [-0.15, -0.1) is 0 Å². The molecule has 0 saturated heterocycles. The molecule has 110 valence electrons. The molecule has 0 amide bonds. The summed E-state index contributed by atoms with van der Waals surface area (Å²) >= 11 is 0. The van der Waals surface area contributed by atoms with Gasteiger partial charge in [0.25, 0.3) is 0 Å². The fourth-order valence-electron chi connectivity index (χ4n) is 3.42. The lowest BCUT2D eigenvalue weighted by Gasteiger charge is -2.39. The van der Waals surface area contributed by atoms with E-state index < -0.39 is 0 Å². The van der Waals surface area contributed by atoms with Crippen molar-refractivity contribution in [1.29, 1.82) is 0 Å². The molecule has 0 N–H and O–H groups in total. The minimum Gasteiger partial charge on any atom is -0.493 e. The van der Waals surface area contributed by atoms with Gasteiger partial charge in [0.1, 0.15) is 21.4 Å². The number of aryl methyl sites for hydroxylation is 1. The molecule has 0 aliphatic carbocycles. The summed E-state index contributed by atoms with van der Waals surface area (Å²) in [6, 6.07) is 7.06. The summed E-state index contributed by atoms with van der Waals surface area (Å²) in [5.74, 6) is 1.07. The van der Waals surface area contributed by atoms with Crippen molar-refractivity contribution < 1.29 is 4.74 Å². The van der Waals surface area contributed by atoms with E-state index >= 15 is 0 Å². The second kappa shape index (κ2) is 5.13. The highest BCUT2D eigenvalue weighted by molar-refractivity contribution is 6.38. The Bertz CT molecular complexity index is 664. The number of aromatic nitrogens is 1. The van der Waals surface area contributed by atoms with Crippen molar-refractivity contribution in [1.82, 2.24) is 9.47 Å². The Morgan fingerprint density at radius 3 is 2.76 bits per heavy atom. The van der Waals surface area contributed by atoms with Crippen molar-refractivity contribution in [3.63, 3.8) is 0 Å². The standard InChI is InChI=1S/C16H24B2N2O/c1-11(19(2)3)16(17,18)20-9-8-12-13-5-4-10-21-15(13)7-6-14(12)20/h6-9,11H,4-5,10,17-18H2,1-3H3/t11-/m1/s1. The zero-order valence-electron chi connectivity index (χ0n) is 13.8. The molecule has 0 saturated carbocycles. The molecule has 0 fully saturated rings. The number of nitrogens with zero attached hydrogens (tertiary/aromatic N) is 2. The van der Waals surface area contributed by atoms with E-state index in [1.54, 1.807) is 0 Å². The third kappa shape index (κ3) is 2.28. The van der Waals surface area contributed by atoms with Crippen LogP contribution in [0.2, 0.25) is 0 Å². The van der Waals surface area contributed by atoms with Gasteiger partial charge in [0.15, 0.2) is 0 Å². The van der Waals surface area contributed by atoms with Gasteiger partial charge in [-0.05, 0) is 57.4 Å². The lowest BCUT2D eigenvalue weighted by molar-refractivity contribution is 0.254. The van der Waals surface area contributed by atoms with E-state index in [2.05, 4.69) is 70.6 Å². The van der Waals surface area contributed by atoms with Crippen LogP contribution < -0.4 is 4.74 Å². The second-order valence-corrected chi connectivity index (χ2v) is 6.91. The van der Waals surface area contributed by atoms with Gasteiger partial charge in [0.05, 0.1) is 6.61 Å². The summed E-state index contributed by atoms with van der Waals surface area (Å²) < 4.78 is 8.21. The van der Waals surface area contributed by atoms with Crippen molar-refractivity contribution >= 4 is 26.6 Å². The maximum Gasteiger partial charge on any atom is 0.126 e. The van der Waals surface area contributed by atoms with E-state index in [4.69, 9.17) is 4.74 Å². The molecule has 0 spiro atoms. The van der Waals surface area contributed by atoms with E-state index in [0.29, 0.717) is 6.04 Å². The molecule has 0 radical (unpaired) electrons. The molecule has 3 rings (SSSR count). The van der Waals surface area contributed by atoms with Crippen LogP contribution in [0.3, 0.4) is 0 Å². The summed E-state index contributed by atoms with van der Waals surface area (Å²) in [6.45, 7) is 3.13. The third-order valence-electron chi connectivity index (χ3n) is 5.19. The highest BCUT2D eigenvalue weighted by atomic mass is 16.5. The highest BCUT2D eigenvalue weighted by Gasteiger charge is 2.30. The quantitative estimate of drug-likeness (QED) is 0.775. The topological polar surface area (TPSA) is 17.4 Å². The zero-order chi connectivity index (χ0) is 15.2. The number of benzene rings is 1. The molecular formula is C16H24B2N2O. The van der Waals surface area contributed by atoms with Gasteiger partial charge < -0.3 is 14.2 Å². The Kier molecular flexibility index (Phi) is 3.56. The first-order valence-electron chi connectivity index (χ1n) is 7.85. The first-order valence-corrected chi connectivity index (χ1v) is 7.85. The molecule has 2 heterocycles. The summed E-state index contributed by atoms with van der Waals surface area (Å²) in [4.78, 5) is 2.29. The summed E-state index contributed by atoms with van der Waals surface area (Å²) in [5, 5.41) is 1.39. The van der Waals surface area contributed by atoms with Crippen LogP contribution in [0.25, 0.3) is 10.9 Å². The molecule has 1 aliphatic heterocycles. The normalized spacial score (nSPS) is 16.8. The highest BCUT2D eigenvalue weighted by Crippen LogP contribution is 2.34. The molecule has 3 nitrogen and oxygen atoms in total. The van der Waals surface area contributed by atoms with Gasteiger partial charge in [-0.3, -0.25) is 0 Å². The van der Waals surface area contributed by atoms with Gasteiger partial charge in [0, 0.05) is 28.7 Å². The summed E-state index contributed by atoms with van der Waals surface area (Å²) in [7, 11) is 8.92. The number of likely N-dealkylation sites (N-methyl/N-ethyl adjacent to an activating group) is 1. The van der Waals surface area contributed by atoms with Crippen molar-refractivity contribution in [2.45, 2.75) is 31.1 Å². The average molecular weight is 282 g/mol. The minimum atomic E-state index is 0.0367. The molecule has 1 aliphatic rings. The molecule has 1 aromatic heterocycles. The van der Waals surface area contributed by atoms with E-state index in [0.717, 1.165) is 25.2 Å². The predicted octanol–water partition coefficient (Wildman–Crippen LogP) is 0.793. The SMILES string of the molecule is BC(B)([C@@H](C)N(C)C)n1ccc2c3c(ccc21)OCCC3. The number of hydrogen-bond acceptors (Lipinski definition) is 2. The van der Waals surface area contributed by atoms with Gasteiger partial charge >= 0.3 is 0 Å². The second-order valence-electron chi connectivity index (χ2n) is 6.91. The van der Waals surface area contributed by atoms with Crippen LogP contribution in [0.4, 0.5) is 0 Å². The molecule has 1 atom stereocenters. The maximum atomic E-state index is 5.79. The Morgan fingerprint density at radius 1 is 1.29 bits per heavy atom. The molecule has 0 bridgehead atoms. The summed E-state index contributed by atoms with van der Waals surface area (Å²) in [6.07, 6.45) is 4.48. The van der Waals surface area contributed by atoms with Crippen molar-refractivity contribution in [2.24, 2.45) is 0 Å². The lowest BCUT2D eigenvalue weighted by atomic mass is 9.57. The van der Waals surface area contributed by atoms with Crippen LogP contribution in [-0.4, -0.2) is 51.9 Å². The zero-order valence-corrected chi connectivity index (χ0v) is 13.8. The molecule has 5 heteroatoms. The first-order chi connectivity index (χ1) is 9.93. The number of hydrogen-bond donors (Lipinski definition) is 0. The Balaban J connectivity index is 2.13. The number of fused-ring (bicyclic) bond motifs is 3. The molecular weight excluding hydrogens is 258 g/mol. The monoisotopic (exact) mass is 282 g/mol. The molecule has 2 aromatic rings. The van der Waals surface area contributed by atoms with Crippen molar-refractivity contribution in [2.75, 3.05) is 20.7 Å². The largest absolute Gasteiger partial charge is 0.493 e. The van der Waals surface area contributed by atoms with Crippen LogP contribution >= 0.6 is 0 Å². The Labute approximate surface area is 129 Å². The van der Waals surface area contributed by atoms with Crippen LogP contribution in [0.1, 0.15) is 18.9 Å². The van der Waals surface area contributed by atoms with Crippen molar-refractivity contribution in [3.05, 3.63) is 30.0 Å². The smallest absolute Gasteiger partial charge is 0.126 e. The third-order valence-corrected chi connectivity index (χ3v) is 5.19. The van der Waals surface area contributed by atoms with Gasteiger partial charge in [-0.2, -0.15) is 0 Å². The van der Waals surface area contributed by atoms with Gasteiger partial charge in [-0.1, -0.05) is 0 Å². The fourth-order valence-corrected chi connectivity index (χ4v) is 3.42. The first kappa shape index (κ1) is 14.6. The molecule has 21 heavy (non-hydrogen) atoms. The molecule has 1 aromatic carbocycles. The fraction of sp³-hybridized carbons (Fsp3) is 0.500. The van der Waals surface area contributed by atoms with Crippen LogP contribution in [0.15, 0.2) is 24.4 Å². The number of ether oxygens (including phenoxy) is 1.